The zero-order valence-electron chi connectivity index (χ0n) is 9.63. The van der Waals surface area contributed by atoms with Crippen LogP contribution in [0.2, 0.25) is 5.02 Å². The summed E-state index contributed by atoms with van der Waals surface area (Å²) < 4.78 is 29.0. The molecule has 5 heteroatoms. The van der Waals surface area contributed by atoms with Gasteiger partial charge in [0, 0.05) is 0 Å². The van der Waals surface area contributed by atoms with Crippen LogP contribution in [-0.4, -0.2) is 8.42 Å². The highest BCUT2D eigenvalue weighted by Gasteiger charge is 2.17. The Bertz CT molecular complexity index is 648. The summed E-state index contributed by atoms with van der Waals surface area (Å²) >= 11 is 5.85. The maximum Gasteiger partial charge on any atom is 0.339 e. The molecular weight excluding hydrogens is 272 g/mol. The van der Waals surface area contributed by atoms with Crippen molar-refractivity contribution in [3.8, 4) is 5.75 Å². The van der Waals surface area contributed by atoms with Gasteiger partial charge in [0.05, 0.1) is 5.02 Å². The van der Waals surface area contributed by atoms with Crippen LogP contribution < -0.4 is 4.18 Å². The van der Waals surface area contributed by atoms with Gasteiger partial charge in [-0.2, -0.15) is 8.42 Å². The monoisotopic (exact) mass is 282 g/mol. The first-order valence-corrected chi connectivity index (χ1v) is 7.03. The lowest BCUT2D eigenvalue weighted by Crippen LogP contribution is -2.09. The lowest BCUT2D eigenvalue weighted by Gasteiger charge is -2.08. The third-order valence-corrected chi connectivity index (χ3v) is 3.91. The summed E-state index contributed by atoms with van der Waals surface area (Å²) in [5, 5.41) is 0.258. The highest BCUT2D eigenvalue weighted by molar-refractivity contribution is 7.87. The van der Waals surface area contributed by atoms with E-state index >= 15 is 0 Å². The standard InChI is InChI=1S/C13H11ClO3S/c1-10-6-8-11(9-7-10)18(15,16)17-13-5-3-2-4-12(13)14/h2-9H,1H3. The van der Waals surface area contributed by atoms with Crippen LogP contribution in [0.1, 0.15) is 5.56 Å². The second-order valence-corrected chi connectivity index (χ2v) is 5.73. The lowest BCUT2D eigenvalue weighted by molar-refractivity contribution is 0.486. The van der Waals surface area contributed by atoms with E-state index in [1.807, 2.05) is 6.92 Å². The van der Waals surface area contributed by atoms with E-state index in [2.05, 4.69) is 0 Å². The van der Waals surface area contributed by atoms with E-state index in [1.54, 1.807) is 30.3 Å². The molecule has 0 aromatic heterocycles. The van der Waals surface area contributed by atoms with Gasteiger partial charge in [0.2, 0.25) is 0 Å². The van der Waals surface area contributed by atoms with Crippen molar-refractivity contribution in [1.29, 1.82) is 0 Å². The van der Waals surface area contributed by atoms with Gasteiger partial charge in [-0.25, -0.2) is 0 Å². The van der Waals surface area contributed by atoms with Gasteiger partial charge in [0.1, 0.15) is 4.90 Å². The Morgan fingerprint density at radius 3 is 2.22 bits per heavy atom. The number of rotatable bonds is 3. The Hall–Kier alpha value is -1.52. The number of halogens is 1. The molecule has 0 saturated heterocycles. The van der Waals surface area contributed by atoms with Crippen LogP contribution in [0.4, 0.5) is 0 Å². The quantitative estimate of drug-likeness (QED) is 0.810. The van der Waals surface area contributed by atoms with Crippen LogP contribution in [-0.2, 0) is 10.1 Å². The van der Waals surface area contributed by atoms with Crippen molar-refractivity contribution in [3.63, 3.8) is 0 Å². The van der Waals surface area contributed by atoms with E-state index in [4.69, 9.17) is 15.8 Å². The first-order chi connectivity index (χ1) is 8.49. The van der Waals surface area contributed by atoms with Crippen LogP contribution in [0.25, 0.3) is 0 Å². The average molecular weight is 283 g/mol. The molecule has 18 heavy (non-hydrogen) atoms. The predicted molar refractivity (Wildman–Crippen MR) is 70.4 cm³/mol. The van der Waals surface area contributed by atoms with Gasteiger partial charge in [-0.1, -0.05) is 41.4 Å². The minimum absolute atomic E-state index is 0.105. The normalized spacial score (nSPS) is 11.2. The molecule has 94 valence electrons. The molecule has 0 aliphatic heterocycles. The molecular formula is C13H11ClO3S. The van der Waals surface area contributed by atoms with E-state index in [9.17, 15) is 8.42 Å². The minimum atomic E-state index is -3.84. The fraction of sp³-hybridized carbons (Fsp3) is 0.0769. The van der Waals surface area contributed by atoms with Gasteiger partial charge in [0.25, 0.3) is 0 Å². The third kappa shape index (κ3) is 2.83. The molecule has 0 amide bonds. The predicted octanol–water partition coefficient (Wildman–Crippen LogP) is 3.42. The fourth-order valence-electron chi connectivity index (χ4n) is 1.38. The molecule has 0 atom stereocenters. The highest BCUT2D eigenvalue weighted by Crippen LogP contribution is 2.26. The van der Waals surface area contributed by atoms with Gasteiger partial charge in [-0.05, 0) is 31.2 Å². The zero-order chi connectivity index (χ0) is 13.2. The molecule has 3 nitrogen and oxygen atoms in total. The van der Waals surface area contributed by atoms with E-state index in [0.29, 0.717) is 0 Å². The van der Waals surface area contributed by atoms with Crippen molar-refractivity contribution in [2.75, 3.05) is 0 Å². The molecule has 0 radical (unpaired) electrons. The smallest absolute Gasteiger partial charge is 0.339 e. The fourth-order valence-corrected chi connectivity index (χ4v) is 2.55. The molecule has 0 spiro atoms. The van der Waals surface area contributed by atoms with E-state index in [0.717, 1.165) is 5.56 Å². The summed E-state index contributed by atoms with van der Waals surface area (Å²) in [7, 11) is -3.84. The van der Waals surface area contributed by atoms with Crippen molar-refractivity contribution in [1.82, 2.24) is 0 Å². The van der Waals surface area contributed by atoms with Gasteiger partial charge < -0.3 is 4.18 Å². The van der Waals surface area contributed by atoms with Gasteiger partial charge in [-0.3, -0.25) is 0 Å². The van der Waals surface area contributed by atoms with E-state index < -0.39 is 10.1 Å². The molecule has 2 aromatic carbocycles. The average Bonchev–Trinajstić information content (AvgIpc) is 2.32. The molecule has 0 unspecified atom stereocenters. The van der Waals surface area contributed by atoms with Crippen molar-refractivity contribution >= 4 is 21.7 Å². The number of benzene rings is 2. The summed E-state index contributed by atoms with van der Waals surface area (Å²) in [4.78, 5) is 0.105. The SMILES string of the molecule is Cc1ccc(S(=O)(=O)Oc2ccccc2Cl)cc1. The third-order valence-electron chi connectivity index (χ3n) is 2.35. The molecule has 0 fully saturated rings. The molecule has 0 N–H and O–H groups in total. The maximum atomic E-state index is 12.0. The summed E-state index contributed by atoms with van der Waals surface area (Å²) in [5.74, 6) is 0.125. The first-order valence-electron chi connectivity index (χ1n) is 5.25. The Kier molecular flexibility index (Phi) is 3.59. The zero-order valence-corrected chi connectivity index (χ0v) is 11.2. The van der Waals surface area contributed by atoms with Crippen LogP contribution in [0, 0.1) is 6.92 Å². The van der Waals surface area contributed by atoms with E-state index in [-0.39, 0.29) is 15.7 Å². The Morgan fingerprint density at radius 1 is 1.00 bits per heavy atom. The minimum Gasteiger partial charge on any atom is -0.377 e. The summed E-state index contributed by atoms with van der Waals surface area (Å²) in [6.07, 6.45) is 0. The number of para-hydroxylation sites is 1. The van der Waals surface area contributed by atoms with Gasteiger partial charge in [0.15, 0.2) is 5.75 Å². The second-order valence-electron chi connectivity index (χ2n) is 3.78. The van der Waals surface area contributed by atoms with Crippen LogP contribution in [0.15, 0.2) is 53.4 Å². The van der Waals surface area contributed by atoms with Crippen molar-refractivity contribution < 1.29 is 12.6 Å². The second kappa shape index (κ2) is 5.00. The largest absolute Gasteiger partial charge is 0.377 e. The molecule has 0 bridgehead atoms. The lowest BCUT2D eigenvalue weighted by atomic mass is 10.2. The molecule has 2 aromatic rings. The molecule has 0 aliphatic rings. The molecule has 0 heterocycles. The number of hydrogen-bond donors (Lipinski definition) is 0. The van der Waals surface area contributed by atoms with Crippen LogP contribution >= 0.6 is 11.6 Å². The Labute approximate surface area is 111 Å². The Balaban J connectivity index is 2.33. The van der Waals surface area contributed by atoms with Gasteiger partial charge >= 0.3 is 10.1 Å². The van der Waals surface area contributed by atoms with Crippen molar-refractivity contribution in [3.05, 3.63) is 59.1 Å². The summed E-state index contributed by atoms with van der Waals surface area (Å²) in [6, 6.07) is 12.9. The van der Waals surface area contributed by atoms with Crippen molar-refractivity contribution in [2.24, 2.45) is 0 Å². The highest BCUT2D eigenvalue weighted by atomic mass is 35.5. The van der Waals surface area contributed by atoms with Crippen LogP contribution in [0.5, 0.6) is 5.75 Å². The Morgan fingerprint density at radius 2 is 1.61 bits per heavy atom. The van der Waals surface area contributed by atoms with E-state index in [1.165, 1.54) is 18.2 Å². The van der Waals surface area contributed by atoms with Crippen molar-refractivity contribution in [2.45, 2.75) is 11.8 Å². The molecule has 0 aliphatic carbocycles. The number of hydrogen-bond acceptors (Lipinski definition) is 3. The molecule has 2 rings (SSSR count). The maximum absolute atomic E-state index is 12.0. The molecule has 0 saturated carbocycles. The number of aryl methyl sites for hydroxylation is 1. The summed E-state index contributed by atoms with van der Waals surface area (Å²) in [5.41, 5.74) is 0.978. The van der Waals surface area contributed by atoms with Gasteiger partial charge in [-0.15, -0.1) is 0 Å². The summed E-state index contributed by atoms with van der Waals surface area (Å²) in [6.45, 7) is 1.88. The van der Waals surface area contributed by atoms with Crippen LogP contribution in [0.3, 0.4) is 0 Å². The first kappa shape index (κ1) is 12.9. The topological polar surface area (TPSA) is 43.4 Å².